The lowest BCUT2D eigenvalue weighted by atomic mass is 10.2. The van der Waals surface area contributed by atoms with E-state index in [1.807, 2.05) is 11.4 Å². The number of sulfonamides is 1. The fourth-order valence-corrected chi connectivity index (χ4v) is 3.23. The van der Waals surface area contributed by atoms with Gasteiger partial charge in [0.2, 0.25) is 10.0 Å². The molecular weight excluding hydrogens is 256 g/mol. The highest BCUT2D eigenvalue weighted by Crippen LogP contribution is 2.14. The van der Waals surface area contributed by atoms with Crippen LogP contribution in [-0.2, 0) is 16.6 Å². The van der Waals surface area contributed by atoms with E-state index in [0.29, 0.717) is 4.90 Å². The maximum absolute atomic E-state index is 12.0. The Labute approximate surface area is 104 Å². The molecule has 4 nitrogen and oxygen atoms in total. The number of rotatable bonds is 4. The van der Waals surface area contributed by atoms with Crippen molar-refractivity contribution in [3.05, 3.63) is 46.4 Å². The van der Waals surface area contributed by atoms with Crippen LogP contribution in [0.2, 0.25) is 0 Å². The first-order valence-electron chi connectivity index (χ1n) is 5.02. The number of hydrogen-bond acceptors (Lipinski definition) is 4. The molecule has 0 aliphatic rings. The van der Waals surface area contributed by atoms with E-state index in [0.717, 1.165) is 11.3 Å². The number of thiazole rings is 1. The van der Waals surface area contributed by atoms with E-state index < -0.39 is 10.0 Å². The van der Waals surface area contributed by atoms with Crippen molar-refractivity contribution in [3.8, 4) is 0 Å². The Kier molecular flexibility index (Phi) is 3.56. The van der Waals surface area contributed by atoms with E-state index in [1.54, 1.807) is 30.6 Å². The van der Waals surface area contributed by atoms with Gasteiger partial charge in [0.1, 0.15) is 0 Å². The zero-order valence-corrected chi connectivity index (χ0v) is 10.9. The maximum Gasteiger partial charge on any atom is 0.241 e. The average molecular weight is 268 g/mol. The van der Waals surface area contributed by atoms with E-state index in [-0.39, 0.29) is 6.54 Å². The molecule has 0 unspecified atom stereocenters. The summed E-state index contributed by atoms with van der Waals surface area (Å²) >= 11 is 1.44. The van der Waals surface area contributed by atoms with Crippen molar-refractivity contribution in [3.63, 3.8) is 0 Å². The van der Waals surface area contributed by atoms with Crippen LogP contribution in [0.4, 0.5) is 0 Å². The van der Waals surface area contributed by atoms with E-state index >= 15 is 0 Å². The van der Waals surface area contributed by atoms with Gasteiger partial charge >= 0.3 is 0 Å². The quantitative estimate of drug-likeness (QED) is 0.921. The molecule has 0 atom stereocenters. The van der Waals surface area contributed by atoms with Crippen molar-refractivity contribution >= 4 is 21.4 Å². The molecule has 6 heteroatoms. The number of nitrogens with zero attached hydrogens (tertiary/aromatic N) is 1. The molecule has 0 saturated carbocycles. The van der Waals surface area contributed by atoms with Crippen LogP contribution in [0, 0.1) is 6.92 Å². The Balaban J connectivity index is 2.17. The van der Waals surface area contributed by atoms with Gasteiger partial charge in [-0.1, -0.05) is 18.2 Å². The number of hydrogen-bond donors (Lipinski definition) is 1. The van der Waals surface area contributed by atoms with Gasteiger partial charge < -0.3 is 0 Å². The molecule has 0 saturated heterocycles. The Hall–Kier alpha value is -1.24. The molecule has 0 radical (unpaired) electrons. The summed E-state index contributed by atoms with van der Waals surface area (Å²) in [6, 6.07) is 6.90. The molecule has 0 aliphatic heterocycles. The van der Waals surface area contributed by atoms with Crippen LogP contribution in [0.5, 0.6) is 0 Å². The van der Waals surface area contributed by atoms with E-state index in [4.69, 9.17) is 0 Å². The third kappa shape index (κ3) is 2.91. The molecule has 0 aliphatic carbocycles. The van der Waals surface area contributed by atoms with Gasteiger partial charge in [0, 0.05) is 5.38 Å². The molecule has 1 heterocycles. The summed E-state index contributed by atoms with van der Waals surface area (Å²) < 4.78 is 26.6. The first kappa shape index (κ1) is 12.2. The smallest absolute Gasteiger partial charge is 0.241 e. The molecule has 1 aromatic carbocycles. The zero-order valence-electron chi connectivity index (χ0n) is 9.25. The van der Waals surface area contributed by atoms with Crippen molar-refractivity contribution in [1.29, 1.82) is 0 Å². The zero-order chi connectivity index (χ0) is 12.3. The van der Waals surface area contributed by atoms with Crippen molar-refractivity contribution < 1.29 is 8.42 Å². The van der Waals surface area contributed by atoms with Gasteiger partial charge in [-0.15, -0.1) is 11.3 Å². The van der Waals surface area contributed by atoms with Crippen LogP contribution in [0.25, 0.3) is 0 Å². The summed E-state index contributed by atoms with van der Waals surface area (Å²) in [6.07, 6.45) is 0. The maximum atomic E-state index is 12.0. The number of nitrogens with one attached hydrogen (secondary N) is 1. The van der Waals surface area contributed by atoms with Crippen molar-refractivity contribution in [1.82, 2.24) is 9.71 Å². The summed E-state index contributed by atoms with van der Waals surface area (Å²) in [5, 5.41) is 1.82. The fourth-order valence-electron chi connectivity index (χ4n) is 1.43. The molecule has 2 aromatic rings. The molecule has 90 valence electrons. The molecule has 0 amide bonds. The van der Waals surface area contributed by atoms with Gasteiger partial charge in [0.05, 0.1) is 22.6 Å². The van der Waals surface area contributed by atoms with Crippen molar-refractivity contribution in [2.45, 2.75) is 18.4 Å². The van der Waals surface area contributed by atoms with Crippen LogP contribution in [0.1, 0.15) is 11.3 Å². The fraction of sp³-hybridized carbons (Fsp3) is 0.182. The highest BCUT2D eigenvalue weighted by molar-refractivity contribution is 7.89. The predicted molar refractivity (Wildman–Crippen MR) is 67.3 cm³/mol. The lowest BCUT2D eigenvalue weighted by molar-refractivity contribution is 0.580. The second-order valence-corrected chi connectivity index (χ2v) is 6.02. The molecule has 1 aromatic heterocycles. The highest BCUT2D eigenvalue weighted by Gasteiger charge is 2.15. The largest absolute Gasteiger partial charge is 0.248 e. The normalized spacial score (nSPS) is 11.6. The van der Waals surface area contributed by atoms with Crippen molar-refractivity contribution in [2.75, 3.05) is 0 Å². The minimum atomic E-state index is -3.45. The lowest BCUT2D eigenvalue weighted by Crippen LogP contribution is -2.24. The summed E-state index contributed by atoms with van der Waals surface area (Å²) in [4.78, 5) is 4.34. The van der Waals surface area contributed by atoms with Crippen LogP contribution >= 0.6 is 11.3 Å². The number of benzene rings is 1. The third-order valence-electron chi connectivity index (χ3n) is 2.31. The first-order chi connectivity index (χ1) is 8.09. The second-order valence-electron chi connectivity index (χ2n) is 3.57. The minimum Gasteiger partial charge on any atom is -0.248 e. The Morgan fingerprint density at radius 1 is 1.35 bits per heavy atom. The van der Waals surface area contributed by atoms with Gasteiger partial charge in [-0.3, -0.25) is 0 Å². The SMILES string of the molecule is Cc1ccccc1S(=O)(=O)NCc1cscn1. The van der Waals surface area contributed by atoms with Crippen LogP contribution in [-0.4, -0.2) is 13.4 Å². The van der Waals surface area contributed by atoms with Gasteiger partial charge in [0.15, 0.2) is 0 Å². The van der Waals surface area contributed by atoms with Gasteiger partial charge in [-0.25, -0.2) is 18.1 Å². The standard InChI is InChI=1S/C11H12N2O2S2/c1-9-4-2-3-5-11(9)17(14,15)13-6-10-7-16-8-12-10/h2-5,7-8,13H,6H2,1H3. The predicted octanol–water partition coefficient (Wildman–Crippen LogP) is 1.93. The Morgan fingerprint density at radius 2 is 2.12 bits per heavy atom. The molecule has 2 rings (SSSR count). The summed E-state index contributed by atoms with van der Waals surface area (Å²) in [7, 11) is -3.45. The number of aromatic nitrogens is 1. The molecule has 0 fully saturated rings. The monoisotopic (exact) mass is 268 g/mol. The second kappa shape index (κ2) is 4.95. The lowest BCUT2D eigenvalue weighted by Gasteiger charge is -2.07. The molecular formula is C11H12N2O2S2. The van der Waals surface area contributed by atoms with E-state index in [9.17, 15) is 8.42 Å². The third-order valence-corrected chi connectivity index (χ3v) is 4.51. The van der Waals surface area contributed by atoms with E-state index in [2.05, 4.69) is 9.71 Å². The Bertz CT molecular complexity index is 592. The van der Waals surface area contributed by atoms with Gasteiger partial charge in [0.25, 0.3) is 0 Å². The minimum absolute atomic E-state index is 0.222. The average Bonchev–Trinajstić information content (AvgIpc) is 2.80. The molecule has 17 heavy (non-hydrogen) atoms. The summed E-state index contributed by atoms with van der Waals surface area (Å²) in [6.45, 7) is 2.00. The van der Waals surface area contributed by atoms with Crippen LogP contribution in [0.3, 0.4) is 0 Å². The van der Waals surface area contributed by atoms with Crippen LogP contribution in [0.15, 0.2) is 40.1 Å². The van der Waals surface area contributed by atoms with Gasteiger partial charge in [-0.2, -0.15) is 0 Å². The summed E-state index contributed by atoms with van der Waals surface area (Å²) in [5.41, 5.74) is 3.14. The van der Waals surface area contributed by atoms with Gasteiger partial charge in [-0.05, 0) is 18.6 Å². The topological polar surface area (TPSA) is 59.1 Å². The molecule has 0 spiro atoms. The highest BCUT2D eigenvalue weighted by atomic mass is 32.2. The Morgan fingerprint density at radius 3 is 2.76 bits per heavy atom. The molecule has 0 bridgehead atoms. The van der Waals surface area contributed by atoms with Crippen LogP contribution < -0.4 is 4.72 Å². The number of aryl methyl sites for hydroxylation is 1. The summed E-state index contributed by atoms with van der Waals surface area (Å²) in [5.74, 6) is 0. The van der Waals surface area contributed by atoms with Crippen molar-refractivity contribution in [2.24, 2.45) is 0 Å². The molecule has 1 N–H and O–H groups in total. The first-order valence-corrected chi connectivity index (χ1v) is 7.44. The van der Waals surface area contributed by atoms with E-state index in [1.165, 1.54) is 11.3 Å².